The molecule has 0 aliphatic rings. The lowest BCUT2D eigenvalue weighted by atomic mass is 10.3. The van der Waals surface area contributed by atoms with Gasteiger partial charge in [0.1, 0.15) is 10.8 Å². The van der Waals surface area contributed by atoms with Crippen molar-refractivity contribution < 1.29 is 9.53 Å². The van der Waals surface area contributed by atoms with Crippen molar-refractivity contribution in [3.05, 3.63) is 28.2 Å². The molecule has 1 amide bonds. The maximum absolute atomic E-state index is 11.5. The average molecular weight is 305 g/mol. The van der Waals surface area contributed by atoms with Gasteiger partial charge in [-0.3, -0.25) is 4.79 Å². The van der Waals surface area contributed by atoms with Crippen LogP contribution in [0.5, 0.6) is 5.75 Å². The minimum Gasteiger partial charge on any atom is -0.491 e. The number of halogens is 2. The van der Waals surface area contributed by atoms with E-state index in [9.17, 15) is 4.79 Å². The van der Waals surface area contributed by atoms with Gasteiger partial charge in [-0.1, -0.05) is 29.3 Å². The van der Waals surface area contributed by atoms with Gasteiger partial charge in [0.15, 0.2) is 0 Å². The first-order chi connectivity index (χ1) is 9.04. The smallest absolute Gasteiger partial charge is 0.223 e. The second kappa shape index (κ2) is 8.25. The predicted octanol–water partition coefficient (Wildman–Crippen LogP) is 2.49. The molecule has 6 heteroatoms. The third-order valence-corrected chi connectivity index (χ3v) is 3.40. The summed E-state index contributed by atoms with van der Waals surface area (Å²) in [5.74, 6) is 0.436. The lowest BCUT2D eigenvalue weighted by Gasteiger charge is -2.12. The summed E-state index contributed by atoms with van der Waals surface area (Å²) in [6.45, 7) is 2.84. The highest BCUT2D eigenvalue weighted by atomic mass is 35.5. The summed E-state index contributed by atoms with van der Waals surface area (Å²) in [7, 11) is 1.85. The molecule has 0 saturated heterocycles. The highest BCUT2D eigenvalue weighted by Gasteiger charge is 2.07. The third-order valence-electron chi connectivity index (χ3n) is 2.60. The highest BCUT2D eigenvalue weighted by molar-refractivity contribution is 6.42. The average Bonchev–Trinajstić information content (AvgIpc) is 2.40. The van der Waals surface area contributed by atoms with Crippen molar-refractivity contribution in [2.45, 2.75) is 19.4 Å². The molecule has 1 unspecified atom stereocenters. The molecule has 0 aliphatic carbocycles. The molecule has 1 atom stereocenters. The summed E-state index contributed by atoms with van der Waals surface area (Å²) in [6, 6.07) is 5.39. The first-order valence-electron chi connectivity index (χ1n) is 6.05. The van der Waals surface area contributed by atoms with Gasteiger partial charge in [-0.05, 0) is 26.1 Å². The van der Waals surface area contributed by atoms with Crippen molar-refractivity contribution in [2.75, 3.05) is 20.2 Å². The zero-order valence-electron chi connectivity index (χ0n) is 11.0. The maximum atomic E-state index is 11.5. The minimum absolute atomic E-state index is 0.0553. The minimum atomic E-state index is -0.0553. The fourth-order valence-corrected chi connectivity index (χ4v) is 1.65. The fraction of sp³-hybridized carbons (Fsp3) is 0.462. The lowest BCUT2D eigenvalue weighted by molar-refractivity contribution is -0.121. The van der Waals surface area contributed by atoms with E-state index in [1.807, 2.05) is 14.0 Å². The van der Waals surface area contributed by atoms with Crippen molar-refractivity contribution in [3.63, 3.8) is 0 Å². The van der Waals surface area contributed by atoms with Crippen LogP contribution in [0.15, 0.2) is 18.2 Å². The number of carbonyl (C=O) groups excluding carboxylic acids is 1. The van der Waals surface area contributed by atoms with E-state index >= 15 is 0 Å². The number of nitrogens with one attached hydrogen (secondary N) is 2. The van der Waals surface area contributed by atoms with Gasteiger partial charge in [0, 0.05) is 12.6 Å². The van der Waals surface area contributed by atoms with Crippen LogP contribution in [0.1, 0.15) is 13.3 Å². The number of rotatable bonds is 7. The zero-order chi connectivity index (χ0) is 14.3. The molecule has 0 saturated carbocycles. The Balaban J connectivity index is 2.30. The van der Waals surface area contributed by atoms with Crippen LogP contribution in [0.4, 0.5) is 0 Å². The molecule has 2 N–H and O–H groups in total. The molecule has 0 aliphatic heterocycles. The number of carbonyl (C=O) groups is 1. The highest BCUT2D eigenvalue weighted by Crippen LogP contribution is 2.31. The van der Waals surface area contributed by atoms with Crippen molar-refractivity contribution in [1.82, 2.24) is 10.6 Å². The van der Waals surface area contributed by atoms with Crippen LogP contribution in [0.2, 0.25) is 10.0 Å². The third kappa shape index (κ3) is 5.68. The standard InChI is InChI=1S/C13H18Cl2N2O2/c1-9(16-2)8-17-12(18)6-7-19-11-5-3-4-10(14)13(11)15/h3-5,9,16H,6-8H2,1-2H3,(H,17,18). The van der Waals surface area contributed by atoms with Gasteiger partial charge in [-0.25, -0.2) is 0 Å². The molecule has 106 valence electrons. The van der Waals surface area contributed by atoms with Gasteiger partial charge >= 0.3 is 0 Å². The lowest BCUT2D eigenvalue weighted by Crippen LogP contribution is -2.37. The van der Waals surface area contributed by atoms with Crippen molar-refractivity contribution in [3.8, 4) is 5.75 Å². The number of amides is 1. The van der Waals surface area contributed by atoms with Crippen molar-refractivity contribution >= 4 is 29.1 Å². The van der Waals surface area contributed by atoms with Crippen LogP contribution < -0.4 is 15.4 Å². The Morgan fingerprint density at radius 1 is 1.42 bits per heavy atom. The molecule has 1 aromatic carbocycles. The Bertz CT molecular complexity index is 427. The predicted molar refractivity (Wildman–Crippen MR) is 78.1 cm³/mol. The van der Waals surface area contributed by atoms with E-state index in [1.165, 1.54) is 0 Å². The number of ether oxygens (including phenoxy) is 1. The van der Waals surface area contributed by atoms with Crippen molar-refractivity contribution in [2.24, 2.45) is 0 Å². The molecule has 0 heterocycles. The van der Waals surface area contributed by atoms with E-state index in [0.29, 0.717) is 22.3 Å². The van der Waals surface area contributed by atoms with Crippen LogP contribution in [-0.2, 0) is 4.79 Å². The van der Waals surface area contributed by atoms with Crippen LogP contribution in [0.25, 0.3) is 0 Å². The van der Waals surface area contributed by atoms with Gasteiger partial charge in [0.05, 0.1) is 18.1 Å². The van der Waals surface area contributed by atoms with Gasteiger partial charge in [-0.2, -0.15) is 0 Å². The molecule has 0 aromatic heterocycles. The SMILES string of the molecule is CNC(C)CNC(=O)CCOc1cccc(Cl)c1Cl. The van der Waals surface area contributed by atoms with Gasteiger partial charge in [0.2, 0.25) is 5.91 Å². The molecule has 4 nitrogen and oxygen atoms in total. The van der Waals surface area contributed by atoms with E-state index in [-0.39, 0.29) is 25.0 Å². The largest absolute Gasteiger partial charge is 0.491 e. The number of hydrogen-bond donors (Lipinski definition) is 2. The van der Waals surface area contributed by atoms with Crippen molar-refractivity contribution in [1.29, 1.82) is 0 Å². The fourth-order valence-electron chi connectivity index (χ4n) is 1.31. The summed E-state index contributed by atoms with van der Waals surface area (Å²) in [5.41, 5.74) is 0. The topological polar surface area (TPSA) is 50.4 Å². The Morgan fingerprint density at radius 3 is 2.84 bits per heavy atom. The second-order valence-electron chi connectivity index (χ2n) is 4.14. The van der Waals surface area contributed by atoms with E-state index in [0.717, 1.165) is 0 Å². The molecule has 1 rings (SSSR count). The Hall–Kier alpha value is -0.970. The summed E-state index contributed by atoms with van der Waals surface area (Å²) in [6.07, 6.45) is 0.277. The van der Waals surface area contributed by atoms with Crippen LogP contribution in [0, 0.1) is 0 Å². The molecule has 0 radical (unpaired) electrons. The summed E-state index contributed by atoms with van der Waals surface area (Å²) in [4.78, 5) is 11.5. The monoisotopic (exact) mass is 304 g/mol. The quantitative estimate of drug-likeness (QED) is 0.814. The first-order valence-corrected chi connectivity index (χ1v) is 6.81. The molecule has 1 aromatic rings. The van der Waals surface area contributed by atoms with E-state index in [4.69, 9.17) is 27.9 Å². The van der Waals surface area contributed by atoms with Gasteiger partial charge in [0.25, 0.3) is 0 Å². The normalized spacial score (nSPS) is 12.0. The second-order valence-corrected chi connectivity index (χ2v) is 4.93. The number of hydrogen-bond acceptors (Lipinski definition) is 3. The van der Waals surface area contributed by atoms with E-state index in [2.05, 4.69) is 10.6 Å². The molecular formula is C13H18Cl2N2O2. The molecule has 0 bridgehead atoms. The summed E-state index contributed by atoms with van der Waals surface area (Å²) in [5, 5.41) is 6.65. The van der Waals surface area contributed by atoms with Gasteiger partial charge in [-0.15, -0.1) is 0 Å². The van der Waals surface area contributed by atoms with Crippen LogP contribution >= 0.6 is 23.2 Å². The Labute approximate surface area is 123 Å². The first kappa shape index (κ1) is 16.1. The molecule has 0 spiro atoms. The number of benzene rings is 1. The molecule has 0 fully saturated rings. The van der Waals surface area contributed by atoms with Crippen LogP contribution in [0.3, 0.4) is 0 Å². The van der Waals surface area contributed by atoms with Crippen LogP contribution in [-0.4, -0.2) is 32.1 Å². The number of likely N-dealkylation sites (N-methyl/N-ethyl adjacent to an activating group) is 1. The van der Waals surface area contributed by atoms with Gasteiger partial charge < -0.3 is 15.4 Å². The molecule has 19 heavy (non-hydrogen) atoms. The Kier molecular flexibility index (Phi) is 6.99. The molecular weight excluding hydrogens is 287 g/mol. The summed E-state index contributed by atoms with van der Waals surface area (Å²) < 4.78 is 5.43. The zero-order valence-corrected chi connectivity index (χ0v) is 12.5. The summed E-state index contributed by atoms with van der Waals surface area (Å²) >= 11 is 11.8. The van der Waals surface area contributed by atoms with E-state index < -0.39 is 0 Å². The maximum Gasteiger partial charge on any atom is 0.223 e. The van der Waals surface area contributed by atoms with E-state index in [1.54, 1.807) is 18.2 Å². The Morgan fingerprint density at radius 2 is 2.16 bits per heavy atom.